The normalized spacial score (nSPS) is 10.0. The molecule has 0 saturated carbocycles. The van der Waals surface area contributed by atoms with Crippen LogP contribution in [0.15, 0.2) is 18.2 Å². The lowest BCUT2D eigenvalue weighted by atomic mass is 10.1. The number of hydrogen-bond donors (Lipinski definition) is 2. The van der Waals surface area contributed by atoms with Crippen molar-refractivity contribution in [2.45, 2.75) is 13.3 Å². The van der Waals surface area contributed by atoms with Crippen molar-refractivity contribution in [1.29, 1.82) is 0 Å². The predicted octanol–water partition coefficient (Wildman–Crippen LogP) is 1.28. The van der Waals surface area contributed by atoms with Gasteiger partial charge in [-0.05, 0) is 37.6 Å². The van der Waals surface area contributed by atoms with E-state index in [1.165, 1.54) is 0 Å². The van der Waals surface area contributed by atoms with Crippen LogP contribution < -0.4 is 10.5 Å². The number of rotatable bonds is 5. The first-order valence-electron chi connectivity index (χ1n) is 4.88. The fraction of sp³-hybridized carbons (Fsp3) is 0.364. The second kappa shape index (κ2) is 5.36. The fourth-order valence-electron chi connectivity index (χ4n) is 1.34. The van der Waals surface area contributed by atoms with Crippen molar-refractivity contribution in [3.8, 4) is 5.75 Å². The molecule has 1 aromatic carbocycles. The number of ether oxygens (including phenoxy) is 1. The minimum atomic E-state index is -0.974. The van der Waals surface area contributed by atoms with E-state index >= 15 is 0 Å². The van der Waals surface area contributed by atoms with Crippen LogP contribution in [-0.4, -0.2) is 24.2 Å². The number of aromatic carboxylic acids is 1. The highest BCUT2D eigenvalue weighted by atomic mass is 16.5. The van der Waals surface area contributed by atoms with Gasteiger partial charge in [-0.2, -0.15) is 0 Å². The van der Waals surface area contributed by atoms with Gasteiger partial charge in [-0.1, -0.05) is 6.07 Å². The zero-order valence-electron chi connectivity index (χ0n) is 8.69. The zero-order valence-corrected chi connectivity index (χ0v) is 8.69. The molecule has 0 heterocycles. The molecule has 0 saturated heterocycles. The molecule has 0 aromatic heterocycles. The Morgan fingerprint density at radius 2 is 2.27 bits per heavy atom. The Morgan fingerprint density at radius 1 is 1.53 bits per heavy atom. The van der Waals surface area contributed by atoms with Crippen LogP contribution in [0.1, 0.15) is 22.8 Å². The monoisotopic (exact) mass is 209 g/mol. The van der Waals surface area contributed by atoms with Crippen LogP contribution in [0.2, 0.25) is 0 Å². The van der Waals surface area contributed by atoms with Gasteiger partial charge in [-0.15, -0.1) is 0 Å². The Bertz CT molecular complexity index is 350. The summed E-state index contributed by atoms with van der Waals surface area (Å²) >= 11 is 0. The summed E-state index contributed by atoms with van der Waals surface area (Å²) in [7, 11) is 0. The first-order chi connectivity index (χ1) is 7.19. The molecule has 0 atom stereocenters. The third-order valence-electron chi connectivity index (χ3n) is 2.01. The summed E-state index contributed by atoms with van der Waals surface area (Å²) in [5.74, 6) is -0.561. The van der Waals surface area contributed by atoms with Gasteiger partial charge in [0.1, 0.15) is 11.3 Å². The average Bonchev–Trinajstić information content (AvgIpc) is 2.18. The van der Waals surface area contributed by atoms with Gasteiger partial charge in [-0.25, -0.2) is 4.79 Å². The highest BCUT2D eigenvalue weighted by molar-refractivity contribution is 5.90. The molecule has 0 fully saturated rings. The first-order valence-corrected chi connectivity index (χ1v) is 4.88. The summed E-state index contributed by atoms with van der Waals surface area (Å²) in [6.07, 6.45) is 0.722. The van der Waals surface area contributed by atoms with E-state index in [-0.39, 0.29) is 5.56 Å². The quantitative estimate of drug-likeness (QED) is 0.766. The van der Waals surface area contributed by atoms with Crippen molar-refractivity contribution in [2.75, 3.05) is 13.2 Å². The maximum absolute atomic E-state index is 10.9. The maximum atomic E-state index is 10.9. The topological polar surface area (TPSA) is 72.5 Å². The molecule has 0 bridgehead atoms. The molecule has 0 aliphatic rings. The van der Waals surface area contributed by atoms with Gasteiger partial charge in [0.15, 0.2) is 0 Å². The maximum Gasteiger partial charge on any atom is 0.339 e. The molecule has 0 amide bonds. The molecular weight excluding hydrogens is 194 g/mol. The zero-order chi connectivity index (χ0) is 11.3. The minimum Gasteiger partial charge on any atom is -0.493 e. The van der Waals surface area contributed by atoms with Gasteiger partial charge in [0.25, 0.3) is 0 Å². The number of hydrogen-bond acceptors (Lipinski definition) is 3. The Hall–Kier alpha value is -1.55. The lowest BCUT2D eigenvalue weighted by molar-refractivity contribution is 0.0692. The highest BCUT2D eigenvalue weighted by Gasteiger charge is 2.11. The van der Waals surface area contributed by atoms with Crippen molar-refractivity contribution >= 4 is 5.97 Å². The molecule has 0 radical (unpaired) electrons. The molecule has 82 valence electrons. The number of carboxylic acid groups (broad SMARTS) is 1. The molecule has 3 N–H and O–H groups in total. The van der Waals surface area contributed by atoms with Crippen LogP contribution in [0, 0.1) is 0 Å². The molecule has 4 nitrogen and oxygen atoms in total. The van der Waals surface area contributed by atoms with Crippen molar-refractivity contribution in [1.82, 2.24) is 0 Å². The van der Waals surface area contributed by atoms with Crippen molar-refractivity contribution in [2.24, 2.45) is 5.73 Å². The van der Waals surface area contributed by atoms with E-state index in [0.717, 1.165) is 12.0 Å². The van der Waals surface area contributed by atoms with E-state index in [9.17, 15) is 4.79 Å². The summed E-state index contributed by atoms with van der Waals surface area (Å²) in [6.45, 7) is 2.81. The van der Waals surface area contributed by atoms with Crippen molar-refractivity contribution in [3.05, 3.63) is 29.3 Å². The highest BCUT2D eigenvalue weighted by Crippen LogP contribution is 2.20. The Labute approximate surface area is 88.7 Å². The standard InChI is InChI=1S/C11H15NO3/c1-2-15-10-7-8(5-6-12)3-4-9(10)11(13)14/h3-4,7H,2,5-6,12H2,1H3,(H,13,14). The van der Waals surface area contributed by atoms with E-state index in [2.05, 4.69) is 0 Å². The second-order valence-electron chi connectivity index (χ2n) is 3.11. The fourth-order valence-corrected chi connectivity index (χ4v) is 1.34. The largest absolute Gasteiger partial charge is 0.493 e. The van der Waals surface area contributed by atoms with E-state index in [4.69, 9.17) is 15.6 Å². The lowest BCUT2D eigenvalue weighted by Gasteiger charge is -2.08. The third kappa shape index (κ3) is 2.95. The van der Waals surface area contributed by atoms with E-state index in [0.29, 0.717) is 18.9 Å². The molecule has 1 rings (SSSR count). The summed E-state index contributed by atoms with van der Waals surface area (Å²) in [5, 5.41) is 8.91. The van der Waals surface area contributed by atoms with Crippen LogP contribution >= 0.6 is 0 Å². The van der Waals surface area contributed by atoms with E-state index < -0.39 is 5.97 Å². The molecule has 15 heavy (non-hydrogen) atoms. The Balaban J connectivity index is 3.03. The molecule has 4 heteroatoms. The molecule has 0 spiro atoms. The third-order valence-corrected chi connectivity index (χ3v) is 2.01. The second-order valence-corrected chi connectivity index (χ2v) is 3.11. The van der Waals surface area contributed by atoms with Gasteiger partial charge < -0.3 is 15.6 Å². The van der Waals surface area contributed by atoms with Gasteiger partial charge in [-0.3, -0.25) is 0 Å². The van der Waals surface area contributed by atoms with Crippen molar-refractivity contribution < 1.29 is 14.6 Å². The van der Waals surface area contributed by atoms with Gasteiger partial charge in [0, 0.05) is 0 Å². The predicted molar refractivity (Wildman–Crippen MR) is 57.3 cm³/mol. The van der Waals surface area contributed by atoms with Gasteiger partial charge >= 0.3 is 5.97 Å². The summed E-state index contributed by atoms with van der Waals surface area (Å²) < 4.78 is 5.26. The average molecular weight is 209 g/mol. The lowest BCUT2D eigenvalue weighted by Crippen LogP contribution is -2.06. The van der Waals surface area contributed by atoms with Gasteiger partial charge in [0.05, 0.1) is 6.61 Å². The van der Waals surface area contributed by atoms with Crippen molar-refractivity contribution in [3.63, 3.8) is 0 Å². The smallest absolute Gasteiger partial charge is 0.339 e. The Kier molecular flexibility index (Phi) is 4.12. The van der Waals surface area contributed by atoms with Crippen LogP contribution in [0.25, 0.3) is 0 Å². The summed E-state index contributed by atoms with van der Waals surface area (Å²) in [6, 6.07) is 5.05. The van der Waals surface area contributed by atoms with Gasteiger partial charge in [0.2, 0.25) is 0 Å². The SMILES string of the molecule is CCOc1cc(CCN)ccc1C(=O)O. The first kappa shape index (κ1) is 11.5. The number of carboxylic acids is 1. The molecule has 1 aromatic rings. The molecule has 0 aliphatic heterocycles. The van der Waals surface area contributed by atoms with Crippen LogP contribution in [0.4, 0.5) is 0 Å². The van der Waals surface area contributed by atoms with E-state index in [1.54, 1.807) is 18.2 Å². The minimum absolute atomic E-state index is 0.192. The molecule has 0 aliphatic carbocycles. The van der Waals surface area contributed by atoms with E-state index in [1.807, 2.05) is 6.92 Å². The van der Waals surface area contributed by atoms with Crippen LogP contribution in [0.3, 0.4) is 0 Å². The molecule has 0 unspecified atom stereocenters. The number of carbonyl (C=O) groups is 1. The van der Waals surface area contributed by atoms with Crippen LogP contribution in [0.5, 0.6) is 5.75 Å². The summed E-state index contributed by atoms with van der Waals surface area (Å²) in [4.78, 5) is 10.9. The Morgan fingerprint density at radius 3 is 2.80 bits per heavy atom. The number of benzene rings is 1. The summed E-state index contributed by atoms with van der Waals surface area (Å²) in [5.41, 5.74) is 6.61. The number of nitrogens with two attached hydrogens (primary N) is 1. The van der Waals surface area contributed by atoms with Crippen LogP contribution in [-0.2, 0) is 6.42 Å². The molecular formula is C11H15NO3.